The average Bonchev–Trinajstić information content (AvgIpc) is 3.04. The van der Waals surface area contributed by atoms with Crippen molar-refractivity contribution < 1.29 is 9.47 Å². The summed E-state index contributed by atoms with van der Waals surface area (Å²) in [5.41, 5.74) is 6.44. The molecule has 0 bridgehead atoms. The van der Waals surface area contributed by atoms with Gasteiger partial charge in [-0.3, -0.25) is 0 Å². The molecule has 0 fully saturated rings. The summed E-state index contributed by atoms with van der Waals surface area (Å²) in [7, 11) is 0. The fraction of sp³-hybridized carbons (Fsp3) is 0.167. The van der Waals surface area contributed by atoms with Crippen LogP contribution in [-0.4, -0.2) is 25.1 Å². The first kappa shape index (κ1) is 18.0. The van der Waals surface area contributed by atoms with Crippen LogP contribution < -0.4 is 9.47 Å². The molecule has 0 saturated heterocycles. The van der Waals surface area contributed by atoms with E-state index in [1.165, 1.54) is 11.1 Å². The lowest BCUT2D eigenvalue weighted by Gasteiger charge is -2.10. The molecule has 0 aromatic heterocycles. The fourth-order valence-electron chi connectivity index (χ4n) is 3.40. The van der Waals surface area contributed by atoms with Gasteiger partial charge in [-0.1, -0.05) is 48.5 Å². The van der Waals surface area contributed by atoms with E-state index in [1.807, 2.05) is 44.2 Å². The zero-order valence-electron chi connectivity index (χ0n) is 16.1. The Morgan fingerprint density at radius 3 is 1.89 bits per heavy atom. The van der Waals surface area contributed by atoms with Crippen molar-refractivity contribution in [3.05, 3.63) is 83.4 Å². The van der Waals surface area contributed by atoms with E-state index in [1.54, 1.807) is 6.21 Å². The van der Waals surface area contributed by atoms with Crippen molar-refractivity contribution in [3.63, 3.8) is 0 Å². The van der Waals surface area contributed by atoms with Gasteiger partial charge in [-0.05, 0) is 48.7 Å². The minimum Gasteiger partial charge on any atom is -0.490 e. The lowest BCUT2D eigenvalue weighted by atomic mass is 10.1. The van der Waals surface area contributed by atoms with Gasteiger partial charge in [0.25, 0.3) is 0 Å². The van der Waals surface area contributed by atoms with E-state index in [0.29, 0.717) is 13.2 Å². The van der Waals surface area contributed by atoms with E-state index >= 15 is 0 Å². The minimum absolute atomic E-state index is 0.580. The summed E-state index contributed by atoms with van der Waals surface area (Å²) in [5.74, 6) is 1.46. The van der Waals surface area contributed by atoms with Crippen LogP contribution in [0.25, 0.3) is 11.1 Å². The van der Waals surface area contributed by atoms with E-state index in [4.69, 9.17) is 9.47 Å². The van der Waals surface area contributed by atoms with Gasteiger partial charge in [-0.2, -0.15) is 5.10 Å². The third kappa shape index (κ3) is 3.41. The van der Waals surface area contributed by atoms with Gasteiger partial charge in [0, 0.05) is 11.1 Å². The molecule has 0 aliphatic heterocycles. The first-order chi connectivity index (χ1) is 13.8. The van der Waals surface area contributed by atoms with E-state index in [9.17, 15) is 0 Å². The molecule has 0 unspecified atom stereocenters. The molecule has 28 heavy (non-hydrogen) atoms. The third-order valence-electron chi connectivity index (χ3n) is 4.59. The standard InChI is InChI=1S/C24H22N2O2/c1-3-27-22-14-13-17(15-23(22)28-4-2)16-25-26-24-20-11-7-5-9-18(20)19-10-6-8-12-21(19)24/h5-16H,3-4H2,1-2H3/b25-16+. The molecule has 0 saturated carbocycles. The summed E-state index contributed by atoms with van der Waals surface area (Å²) >= 11 is 0. The second-order valence-corrected chi connectivity index (χ2v) is 6.36. The Morgan fingerprint density at radius 1 is 0.714 bits per heavy atom. The van der Waals surface area contributed by atoms with Gasteiger partial charge < -0.3 is 9.47 Å². The number of hydrogen-bond donors (Lipinski definition) is 0. The van der Waals surface area contributed by atoms with E-state index in [2.05, 4.69) is 46.6 Å². The Bertz CT molecular complexity index is 1010. The Hall–Kier alpha value is -3.40. The smallest absolute Gasteiger partial charge is 0.161 e. The molecule has 4 heteroatoms. The van der Waals surface area contributed by atoms with Gasteiger partial charge in [0.15, 0.2) is 11.5 Å². The maximum absolute atomic E-state index is 5.68. The van der Waals surface area contributed by atoms with Crippen LogP contribution in [0.5, 0.6) is 11.5 Å². The highest BCUT2D eigenvalue weighted by atomic mass is 16.5. The van der Waals surface area contributed by atoms with Gasteiger partial charge in [0.05, 0.1) is 19.4 Å². The zero-order chi connectivity index (χ0) is 19.3. The van der Waals surface area contributed by atoms with Gasteiger partial charge in [0.2, 0.25) is 0 Å². The molecule has 4 nitrogen and oxygen atoms in total. The highest BCUT2D eigenvalue weighted by Crippen LogP contribution is 2.36. The van der Waals surface area contributed by atoms with Crippen LogP contribution in [0.2, 0.25) is 0 Å². The summed E-state index contributed by atoms with van der Waals surface area (Å²) in [6.45, 7) is 5.09. The maximum atomic E-state index is 5.68. The van der Waals surface area contributed by atoms with Crippen molar-refractivity contribution in [3.8, 4) is 22.6 Å². The van der Waals surface area contributed by atoms with Crippen LogP contribution in [0.4, 0.5) is 0 Å². The lowest BCUT2D eigenvalue weighted by Crippen LogP contribution is -1.99. The summed E-state index contributed by atoms with van der Waals surface area (Å²) in [5, 5.41) is 8.91. The van der Waals surface area contributed by atoms with Crippen LogP contribution >= 0.6 is 0 Å². The van der Waals surface area contributed by atoms with Gasteiger partial charge in [0.1, 0.15) is 5.71 Å². The minimum atomic E-state index is 0.580. The first-order valence-corrected chi connectivity index (χ1v) is 9.51. The molecule has 3 aromatic rings. The Labute approximate surface area is 165 Å². The molecule has 3 aromatic carbocycles. The average molecular weight is 370 g/mol. The molecule has 0 radical (unpaired) electrons. The fourth-order valence-corrected chi connectivity index (χ4v) is 3.40. The van der Waals surface area contributed by atoms with Crippen molar-refractivity contribution in [1.29, 1.82) is 0 Å². The summed E-state index contributed by atoms with van der Waals surface area (Å²) in [4.78, 5) is 0. The number of ether oxygens (including phenoxy) is 2. The topological polar surface area (TPSA) is 43.2 Å². The van der Waals surface area contributed by atoms with Crippen molar-refractivity contribution >= 4 is 11.9 Å². The molecule has 1 aliphatic carbocycles. The largest absolute Gasteiger partial charge is 0.490 e. The SMILES string of the molecule is CCOc1ccc(/C=N/N=C2c3ccccc3-c3ccccc32)cc1OCC. The Balaban J connectivity index is 1.66. The molecule has 0 spiro atoms. The van der Waals surface area contributed by atoms with Gasteiger partial charge >= 0.3 is 0 Å². The Morgan fingerprint density at radius 2 is 1.29 bits per heavy atom. The van der Waals surface area contributed by atoms with Crippen LogP contribution in [0.1, 0.15) is 30.5 Å². The highest BCUT2D eigenvalue weighted by Gasteiger charge is 2.23. The first-order valence-electron chi connectivity index (χ1n) is 9.51. The number of rotatable bonds is 6. The molecule has 0 atom stereocenters. The number of hydrogen-bond acceptors (Lipinski definition) is 4. The lowest BCUT2D eigenvalue weighted by molar-refractivity contribution is 0.288. The molecule has 1 aliphatic rings. The molecule has 4 rings (SSSR count). The second kappa shape index (κ2) is 8.09. The summed E-state index contributed by atoms with van der Waals surface area (Å²) < 4.78 is 11.3. The number of fused-ring (bicyclic) bond motifs is 3. The van der Waals surface area contributed by atoms with Crippen LogP contribution in [0, 0.1) is 0 Å². The molecule has 0 N–H and O–H groups in total. The third-order valence-corrected chi connectivity index (χ3v) is 4.59. The quantitative estimate of drug-likeness (QED) is 0.340. The summed E-state index contributed by atoms with van der Waals surface area (Å²) in [6, 6.07) is 22.4. The predicted molar refractivity (Wildman–Crippen MR) is 114 cm³/mol. The van der Waals surface area contributed by atoms with E-state index in [-0.39, 0.29) is 0 Å². The van der Waals surface area contributed by atoms with E-state index in [0.717, 1.165) is 33.9 Å². The zero-order valence-corrected chi connectivity index (χ0v) is 16.1. The number of nitrogens with zero attached hydrogens (tertiary/aromatic N) is 2. The number of benzene rings is 3. The van der Waals surface area contributed by atoms with Crippen molar-refractivity contribution in [1.82, 2.24) is 0 Å². The second-order valence-electron chi connectivity index (χ2n) is 6.36. The van der Waals surface area contributed by atoms with E-state index < -0.39 is 0 Å². The molecule has 0 amide bonds. The van der Waals surface area contributed by atoms with Crippen molar-refractivity contribution in [2.24, 2.45) is 10.2 Å². The normalized spacial score (nSPS) is 12.0. The monoisotopic (exact) mass is 370 g/mol. The van der Waals surface area contributed by atoms with Crippen LogP contribution in [0.3, 0.4) is 0 Å². The van der Waals surface area contributed by atoms with Gasteiger partial charge in [-0.15, -0.1) is 5.10 Å². The summed E-state index contributed by atoms with van der Waals surface area (Å²) in [6.07, 6.45) is 1.74. The van der Waals surface area contributed by atoms with Crippen LogP contribution in [-0.2, 0) is 0 Å². The van der Waals surface area contributed by atoms with Crippen molar-refractivity contribution in [2.45, 2.75) is 13.8 Å². The molecule has 0 heterocycles. The molecule has 140 valence electrons. The van der Waals surface area contributed by atoms with Crippen molar-refractivity contribution in [2.75, 3.05) is 13.2 Å². The Kier molecular flexibility index (Phi) is 5.20. The maximum Gasteiger partial charge on any atom is 0.161 e. The predicted octanol–water partition coefficient (Wildman–Crippen LogP) is 5.34. The molecular formula is C24H22N2O2. The van der Waals surface area contributed by atoms with Gasteiger partial charge in [-0.25, -0.2) is 0 Å². The highest BCUT2D eigenvalue weighted by molar-refractivity contribution is 6.24. The molecular weight excluding hydrogens is 348 g/mol. The van der Waals surface area contributed by atoms with Crippen LogP contribution in [0.15, 0.2) is 76.9 Å².